The van der Waals surface area contributed by atoms with Gasteiger partial charge in [0.25, 0.3) is 23.6 Å². The van der Waals surface area contributed by atoms with Gasteiger partial charge in [0.1, 0.15) is 93.8 Å². The third-order valence-electron chi connectivity index (χ3n) is 13.2. The number of primary amides is 2. The number of fused-ring (bicyclic) bond motifs is 14. The number of hydrogen-bond donors (Lipinski definition) is 8. The molecule has 11 rings (SSSR count). The Labute approximate surface area is 483 Å². The van der Waals surface area contributed by atoms with Gasteiger partial charge in [0.05, 0.1) is 36.9 Å². The van der Waals surface area contributed by atoms with Crippen molar-refractivity contribution in [1.29, 1.82) is 0 Å². The van der Waals surface area contributed by atoms with E-state index in [0.29, 0.717) is 71.0 Å². The number of phenols is 1. The first kappa shape index (κ1) is 54.8. The van der Waals surface area contributed by atoms with Crippen LogP contribution < -0.4 is 32.7 Å². The van der Waals surface area contributed by atoms with E-state index < -0.39 is 72.1 Å². The molecular formula is C53H45N13O9S6. The van der Waals surface area contributed by atoms with Gasteiger partial charge in [0, 0.05) is 49.7 Å². The largest absolute Gasteiger partial charge is 0.508 e. The Balaban J connectivity index is 1.01. The van der Waals surface area contributed by atoms with Crippen molar-refractivity contribution in [2.75, 3.05) is 6.61 Å². The molecule has 22 nitrogen and oxygen atoms in total. The Bertz CT molecular complexity index is 3870. The number of aryl methyl sites for hydroxylation is 1. The minimum absolute atomic E-state index is 0.000365. The molecule has 10 N–H and O–H groups in total. The zero-order valence-corrected chi connectivity index (χ0v) is 47.3. The van der Waals surface area contributed by atoms with Crippen molar-refractivity contribution in [2.24, 2.45) is 17.4 Å². The van der Waals surface area contributed by atoms with E-state index in [1.807, 2.05) is 12.3 Å². The zero-order chi connectivity index (χ0) is 56.6. The van der Waals surface area contributed by atoms with E-state index in [4.69, 9.17) is 36.1 Å². The average molecular weight is 1200 g/mol. The highest BCUT2D eigenvalue weighted by atomic mass is 32.1. The minimum atomic E-state index is -1.39. The second-order valence-electron chi connectivity index (χ2n) is 18.8. The summed E-state index contributed by atoms with van der Waals surface area (Å²) in [5.41, 5.74) is 14.4. The summed E-state index contributed by atoms with van der Waals surface area (Å²) in [5.74, 6) is -4.43. The van der Waals surface area contributed by atoms with E-state index in [0.717, 1.165) is 34.0 Å². The number of carbonyl (C=O) groups excluding carboxylic acids is 6. The SMILES string of the molecule is Cc1sc2nc1C(=O)N[C@@H]([C@@H](O)c1ccccc1)c1nc(cs1)C(=O)N[C@@H](Cc1ccc(O)cc1)C(=O)N[C@@H]([C@@H](C)[C@H]1CO1)c1nc(cs1)-c1nc(cs1)-c1nc(-c3nc(C(N)=O)cs3)ccc1-c1nc(cs1)C(=O)N[C@H]2CC(N)=O. The van der Waals surface area contributed by atoms with Crippen LogP contribution in [0.5, 0.6) is 5.75 Å². The number of hydrogen-bond acceptors (Lipinski definition) is 22. The second-order valence-corrected chi connectivity index (χ2v) is 24.4. The number of epoxide rings is 1. The summed E-state index contributed by atoms with van der Waals surface area (Å²) in [6.07, 6.45) is -1.98. The third kappa shape index (κ3) is 12.0. The Morgan fingerprint density at radius 2 is 1.27 bits per heavy atom. The summed E-state index contributed by atoms with van der Waals surface area (Å²) in [5, 5.41) is 44.1. The second kappa shape index (κ2) is 23.2. The lowest BCUT2D eigenvalue weighted by molar-refractivity contribution is -0.124. The first-order valence-corrected chi connectivity index (χ1v) is 30.0. The number of ether oxygens (including phenoxy) is 1. The molecule has 1 fully saturated rings. The molecule has 81 heavy (non-hydrogen) atoms. The lowest BCUT2D eigenvalue weighted by Gasteiger charge is -2.26. The molecule has 0 unspecified atom stereocenters. The molecule has 0 radical (unpaired) electrons. The lowest BCUT2D eigenvalue weighted by atomic mass is 9.97. The van der Waals surface area contributed by atoms with Crippen LogP contribution in [0.2, 0.25) is 0 Å². The number of aromatic hydroxyl groups is 1. The van der Waals surface area contributed by atoms with Crippen LogP contribution in [0.1, 0.15) is 111 Å². The van der Waals surface area contributed by atoms with Gasteiger partial charge in [-0.1, -0.05) is 49.4 Å². The molecule has 7 atom stereocenters. The molecule has 0 aliphatic carbocycles. The zero-order valence-electron chi connectivity index (χ0n) is 42.4. The normalized spacial score (nSPS) is 19.3. The van der Waals surface area contributed by atoms with E-state index in [1.54, 1.807) is 72.3 Å². The minimum Gasteiger partial charge on any atom is -0.508 e. The first-order valence-electron chi connectivity index (χ1n) is 24.7. The number of nitrogens with one attached hydrogen (secondary N) is 4. The summed E-state index contributed by atoms with van der Waals surface area (Å²) in [4.78, 5) is 116. The van der Waals surface area contributed by atoms with Crippen LogP contribution in [0.3, 0.4) is 0 Å². The Morgan fingerprint density at radius 3 is 1.99 bits per heavy atom. The van der Waals surface area contributed by atoms with Crippen molar-refractivity contribution in [3.05, 3.63) is 147 Å². The molecule has 2 aromatic carbocycles. The van der Waals surface area contributed by atoms with Crippen molar-refractivity contribution in [3.8, 4) is 49.1 Å². The molecule has 1 saturated heterocycles. The van der Waals surface area contributed by atoms with E-state index in [2.05, 4.69) is 36.2 Å². The van der Waals surface area contributed by atoms with E-state index >= 15 is 0 Å². The van der Waals surface area contributed by atoms with Crippen molar-refractivity contribution in [2.45, 2.75) is 63.1 Å². The molecule has 9 aromatic rings. The van der Waals surface area contributed by atoms with Crippen molar-refractivity contribution in [3.63, 3.8) is 0 Å². The summed E-state index contributed by atoms with van der Waals surface area (Å²) in [6, 6.07) is 14.0. The maximum atomic E-state index is 14.8. The Hall–Kier alpha value is -8.09. The number of thiazole rings is 6. The van der Waals surface area contributed by atoms with Crippen LogP contribution >= 0.6 is 68.0 Å². The number of aliphatic hydroxyl groups is 1. The van der Waals surface area contributed by atoms with Gasteiger partial charge in [0.2, 0.25) is 11.8 Å². The van der Waals surface area contributed by atoms with Gasteiger partial charge in [0.15, 0.2) is 0 Å². The number of nitrogens with zero attached hydrogens (tertiary/aromatic N) is 7. The number of aromatic nitrogens is 7. The van der Waals surface area contributed by atoms with Crippen molar-refractivity contribution in [1.82, 2.24) is 56.2 Å². The van der Waals surface area contributed by atoms with Crippen LogP contribution in [0.25, 0.3) is 43.4 Å². The Kier molecular flexibility index (Phi) is 15.7. The van der Waals surface area contributed by atoms with Gasteiger partial charge < -0.3 is 47.7 Å². The number of benzene rings is 2. The highest BCUT2D eigenvalue weighted by Gasteiger charge is 2.40. The van der Waals surface area contributed by atoms with Gasteiger partial charge >= 0.3 is 0 Å². The average Bonchev–Trinajstić information content (AvgIpc) is 4.44. The van der Waals surface area contributed by atoms with Gasteiger partial charge in [-0.25, -0.2) is 34.9 Å². The van der Waals surface area contributed by atoms with Crippen LogP contribution in [0.15, 0.2) is 93.6 Å². The van der Waals surface area contributed by atoms with Crippen LogP contribution in [-0.2, 0) is 20.7 Å². The molecule has 10 bridgehead atoms. The van der Waals surface area contributed by atoms with Gasteiger partial charge in [-0.05, 0) is 42.3 Å². The monoisotopic (exact) mass is 1200 g/mol. The van der Waals surface area contributed by atoms with E-state index in [-0.39, 0.29) is 57.0 Å². The molecule has 6 amide bonds. The van der Waals surface area contributed by atoms with Gasteiger partial charge in [-0.2, -0.15) is 0 Å². The molecule has 28 heteroatoms. The van der Waals surface area contributed by atoms with Gasteiger partial charge in [-0.15, -0.1) is 68.0 Å². The quantitative estimate of drug-likeness (QED) is 0.0660. The van der Waals surface area contributed by atoms with Crippen molar-refractivity contribution < 1.29 is 43.7 Å². The number of rotatable bonds is 10. The van der Waals surface area contributed by atoms with Gasteiger partial charge in [-0.3, -0.25) is 28.8 Å². The third-order valence-corrected chi connectivity index (χ3v) is 18.7. The highest BCUT2D eigenvalue weighted by molar-refractivity contribution is 7.15. The fourth-order valence-electron chi connectivity index (χ4n) is 8.81. The summed E-state index contributed by atoms with van der Waals surface area (Å²) in [7, 11) is 0. The molecule has 0 spiro atoms. The Morgan fingerprint density at radius 1 is 0.642 bits per heavy atom. The molecule has 7 aromatic heterocycles. The number of carbonyl (C=O) groups is 6. The summed E-state index contributed by atoms with van der Waals surface area (Å²) < 4.78 is 5.74. The first-order chi connectivity index (χ1) is 39.0. The molecular weight excluding hydrogens is 1160 g/mol. The van der Waals surface area contributed by atoms with Crippen molar-refractivity contribution >= 4 is 103 Å². The highest BCUT2D eigenvalue weighted by Crippen LogP contribution is 2.40. The maximum Gasteiger partial charge on any atom is 0.271 e. The fourth-order valence-corrected chi connectivity index (χ4v) is 14.1. The fraction of sp³-hybridized carbons (Fsp3) is 0.226. The van der Waals surface area contributed by atoms with E-state index in [9.17, 15) is 39.0 Å². The molecule has 2 aliphatic heterocycles. The number of amides is 6. The predicted molar refractivity (Wildman–Crippen MR) is 305 cm³/mol. The summed E-state index contributed by atoms with van der Waals surface area (Å²) >= 11 is 6.98. The molecule has 0 saturated carbocycles. The molecule has 9 heterocycles. The number of pyridine rings is 1. The van der Waals surface area contributed by atoms with Crippen LogP contribution in [0.4, 0.5) is 0 Å². The van der Waals surface area contributed by atoms with Crippen LogP contribution in [0, 0.1) is 12.8 Å². The number of aliphatic hydroxyl groups excluding tert-OH is 1. The predicted octanol–water partition coefficient (Wildman–Crippen LogP) is 6.70. The number of phenolic OH excluding ortho intramolecular Hbond substituents is 1. The van der Waals surface area contributed by atoms with Crippen LogP contribution in [-0.4, -0.2) is 99.3 Å². The molecule has 2 aliphatic rings. The smallest absolute Gasteiger partial charge is 0.271 e. The standard InChI is InChI=1S/C53H45N13O9S6/c1-22(36-16-75-36)38-52-63-35(21-80-52)50-59-31(17-77-50)40-27(12-13-28(56-40)49-60-32(18-78-49)43(55)70)48-61-33(19-76-48)46(73)58-30(15-37(54)68)51-66-39(23(2)81-51)47(74)65-41(42(69)25-6-4-3-5-7-25)53-62-34(20-79-53)45(72)57-29(44(71)64-38)14-24-8-10-26(67)11-9-24/h3-13,17-22,29-30,36,38,41-42,67,69H,14-16H2,1-2H3,(H2,54,68)(H2,55,70)(H,57,72)(H,58,73)(H,64,71)(H,65,74)/t22-,29-,30-,36+,38-,41-,42-/m0/s1. The van der Waals surface area contributed by atoms with E-state index in [1.165, 1.54) is 56.9 Å². The lowest BCUT2D eigenvalue weighted by Crippen LogP contribution is -2.50. The maximum absolute atomic E-state index is 14.8. The topological polar surface area (TPSA) is 346 Å². The molecule has 412 valence electrons. The number of nitrogens with two attached hydrogens (primary N) is 2. The summed E-state index contributed by atoms with van der Waals surface area (Å²) in [6.45, 7) is 4.04.